The third-order valence-electron chi connectivity index (χ3n) is 5.52. The minimum Gasteiger partial charge on any atom is -0.471 e. The molecule has 2 N–H and O–H groups in total. The summed E-state index contributed by atoms with van der Waals surface area (Å²) < 4.78 is 9.40. The smallest absolute Gasteiger partial charge is 0.180 e. The lowest BCUT2D eigenvalue weighted by Crippen LogP contribution is -2.19. The van der Waals surface area contributed by atoms with Gasteiger partial charge in [-0.25, -0.2) is 4.68 Å². The van der Waals surface area contributed by atoms with E-state index in [-0.39, 0.29) is 0 Å². The van der Waals surface area contributed by atoms with E-state index >= 15 is 0 Å². The number of benzene rings is 2. The lowest BCUT2D eigenvalue weighted by molar-refractivity contribution is 0.221. The highest BCUT2D eigenvalue weighted by molar-refractivity contribution is 7.80. The largest absolute Gasteiger partial charge is 0.471 e. The fourth-order valence-corrected chi connectivity index (χ4v) is 4.12. The first kappa shape index (κ1) is 25.0. The number of aromatic nitrogens is 4. The molecule has 35 heavy (non-hydrogen) atoms. The molecule has 0 saturated heterocycles. The van der Waals surface area contributed by atoms with Crippen molar-refractivity contribution in [3.8, 4) is 5.75 Å². The van der Waals surface area contributed by atoms with Gasteiger partial charge in [-0.05, 0) is 67.9 Å². The molecule has 0 unspecified atom stereocenters. The van der Waals surface area contributed by atoms with Gasteiger partial charge >= 0.3 is 0 Å². The van der Waals surface area contributed by atoms with Gasteiger partial charge < -0.3 is 15.4 Å². The van der Waals surface area contributed by atoms with Crippen molar-refractivity contribution < 1.29 is 4.74 Å². The molecule has 2 heterocycles. The van der Waals surface area contributed by atoms with Crippen LogP contribution < -0.4 is 15.4 Å². The summed E-state index contributed by atoms with van der Waals surface area (Å²) >= 11 is 17.7. The molecule has 0 aliphatic heterocycles. The summed E-state index contributed by atoms with van der Waals surface area (Å²) in [5.41, 5.74) is 5.68. The van der Waals surface area contributed by atoms with Gasteiger partial charge in [-0.3, -0.25) is 4.68 Å². The first-order valence-corrected chi connectivity index (χ1v) is 12.3. The molecule has 2 aromatic carbocycles. The second kappa shape index (κ2) is 11.1. The second-order valence-electron chi connectivity index (χ2n) is 8.07. The van der Waals surface area contributed by atoms with E-state index in [1.54, 1.807) is 16.9 Å². The number of rotatable bonds is 8. The topological polar surface area (TPSA) is 68.9 Å². The van der Waals surface area contributed by atoms with E-state index in [1.807, 2.05) is 49.0 Å². The van der Waals surface area contributed by atoms with E-state index in [4.69, 9.17) is 40.2 Å². The van der Waals surface area contributed by atoms with Crippen molar-refractivity contribution in [1.82, 2.24) is 19.6 Å². The quantitative estimate of drug-likeness (QED) is 0.256. The molecule has 0 saturated carbocycles. The number of aryl methyl sites for hydroxylation is 2. The van der Waals surface area contributed by atoms with Gasteiger partial charge in [0.15, 0.2) is 11.8 Å². The Morgan fingerprint density at radius 1 is 1.03 bits per heavy atom. The van der Waals surface area contributed by atoms with Gasteiger partial charge in [-0.1, -0.05) is 48.3 Å². The van der Waals surface area contributed by atoms with E-state index < -0.39 is 0 Å². The maximum atomic E-state index is 6.15. The minimum atomic E-state index is 0.299. The number of nitrogens with one attached hydrogen (secondary N) is 2. The predicted molar refractivity (Wildman–Crippen MR) is 146 cm³/mol. The van der Waals surface area contributed by atoms with Crippen molar-refractivity contribution in [2.45, 2.75) is 40.5 Å². The number of thiocarbonyl (C=S) groups is 1. The highest BCUT2D eigenvalue weighted by atomic mass is 35.5. The molecule has 0 aliphatic carbocycles. The van der Waals surface area contributed by atoms with Crippen LogP contribution in [0.25, 0.3) is 0 Å². The SMILES string of the molecule is CCc1ccc(OCn2cc(NC(=S)Nc3c(C)nn(Cc4ccc(Cl)c(Cl)c4)c3C)cn2)cc1. The Morgan fingerprint density at radius 3 is 2.49 bits per heavy atom. The Morgan fingerprint density at radius 2 is 1.77 bits per heavy atom. The third kappa shape index (κ3) is 6.33. The summed E-state index contributed by atoms with van der Waals surface area (Å²) in [6, 6.07) is 13.6. The molecule has 7 nitrogen and oxygen atoms in total. The zero-order valence-electron chi connectivity index (χ0n) is 19.7. The second-order valence-corrected chi connectivity index (χ2v) is 9.29. The van der Waals surface area contributed by atoms with Crippen molar-refractivity contribution in [2.75, 3.05) is 10.6 Å². The number of halogens is 2. The van der Waals surface area contributed by atoms with Crippen LogP contribution in [-0.4, -0.2) is 24.7 Å². The van der Waals surface area contributed by atoms with Gasteiger partial charge in [0.1, 0.15) is 5.75 Å². The highest BCUT2D eigenvalue weighted by Gasteiger charge is 2.14. The average Bonchev–Trinajstić information content (AvgIpc) is 3.39. The number of nitrogens with zero attached hydrogens (tertiary/aromatic N) is 4. The van der Waals surface area contributed by atoms with E-state index in [0.717, 1.165) is 40.5 Å². The zero-order valence-corrected chi connectivity index (χ0v) is 22.0. The summed E-state index contributed by atoms with van der Waals surface area (Å²) in [7, 11) is 0. The molecule has 0 amide bonds. The zero-order chi connectivity index (χ0) is 24.9. The molecule has 0 spiro atoms. The summed E-state index contributed by atoms with van der Waals surface area (Å²) in [4.78, 5) is 0. The predicted octanol–water partition coefficient (Wildman–Crippen LogP) is 6.46. The molecule has 182 valence electrons. The first-order chi connectivity index (χ1) is 16.8. The molecule has 0 atom stereocenters. The molecule has 0 bridgehead atoms. The van der Waals surface area contributed by atoms with Crippen LogP contribution in [0.1, 0.15) is 29.4 Å². The van der Waals surface area contributed by atoms with Crippen LogP contribution in [0.5, 0.6) is 5.75 Å². The van der Waals surface area contributed by atoms with Crippen molar-refractivity contribution in [2.24, 2.45) is 0 Å². The third-order valence-corrected chi connectivity index (χ3v) is 6.47. The summed E-state index contributed by atoms with van der Waals surface area (Å²) in [6.07, 6.45) is 4.53. The van der Waals surface area contributed by atoms with Crippen molar-refractivity contribution in [3.63, 3.8) is 0 Å². The normalized spacial score (nSPS) is 10.9. The van der Waals surface area contributed by atoms with Crippen molar-refractivity contribution in [3.05, 3.63) is 87.4 Å². The van der Waals surface area contributed by atoms with Crippen LogP contribution >= 0.6 is 35.4 Å². The Kier molecular flexibility index (Phi) is 7.95. The van der Waals surface area contributed by atoms with Crippen LogP contribution in [0.15, 0.2) is 54.9 Å². The molecule has 0 radical (unpaired) electrons. The van der Waals surface area contributed by atoms with E-state index in [1.165, 1.54) is 5.56 Å². The van der Waals surface area contributed by atoms with E-state index in [2.05, 4.69) is 39.9 Å². The number of ether oxygens (including phenoxy) is 1. The Balaban J connectivity index is 1.34. The maximum Gasteiger partial charge on any atom is 0.180 e. The van der Waals surface area contributed by atoms with Crippen LogP contribution in [0.2, 0.25) is 10.0 Å². The molecular weight excluding hydrogens is 503 g/mol. The fraction of sp³-hybridized carbons (Fsp3) is 0.240. The molecule has 4 rings (SSSR count). The van der Waals surface area contributed by atoms with Gasteiger partial charge in [-0.2, -0.15) is 10.2 Å². The van der Waals surface area contributed by atoms with Gasteiger partial charge in [0, 0.05) is 0 Å². The van der Waals surface area contributed by atoms with E-state index in [0.29, 0.717) is 28.4 Å². The van der Waals surface area contributed by atoms with Crippen LogP contribution in [0, 0.1) is 13.8 Å². The Bertz CT molecular complexity index is 1330. The monoisotopic (exact) mass is 528 g/mol. The van der Waals surface area contributed by atoms with Gasteiger partial charge in [0.2, 0.25) is 0 Å². The first-order valence-electron chi connectivity index (χ1n) is 11.1. The molecule has 0 fully saturated rings. The van der Waals surface area contributed by atoms with Crippen molar-refractivity contribution >= 4 is 51.9 Å². The molecule has 2 aromatic heterocycles. The van der Waals surface area contributed by atoms with Crippen LogP contribution in [-0.2, 0) is 19.7 Å². The van der Waals surface area contributed by atoms with Crippen molar-refractivity contribution in [1.29, 1.82) is 0 Å². The number of hydrogen-bond acceptors (Lipinski definition) is 4. The van der Waals surface area contributed by atoms with Gasteiger partial charge in [0.05, 0.1) is 51.7 Å². The minimum absolute atomic E-state index is 0.299. The highest BCUT2D eigenvalue weighted by Crippen LogP contribution is 2.25. The molecular formula is C25H26Cl2N6OS. The molecule has 0 aliphatic rings. The number of anilines is 2. The lowest BCUT2D eigenvalue weighted by atomic mass is 10.2. The molecule has 10 heteroatoms. The average molecular weight is 529 g/mol. The van der Waals surface area contributed by atoms with E-state index in [9.17, 15) is 0 Å². The molecule has 4 aromatic rings. The van der Waals surface area contributed by atoms with Crippen LogP contribution in [0.3, 0.4) is 0 Å². The Labute approximate surface area is 220 Å². The summed E-state index contributed by atoms with van der Waals surface area (Å²) in [5, 5.41) is 16.9. The summed E-state index contributed by atoms with van der Waals surface area (Å²) in [5.74, 6) is 0.799. The van der Waals surface area contributed by atoms with Gasteiger partial charge in [0.25, 0.3) is 0 Å². The van der Waals surface area contributed by atoms with Crippen LogP contribution in [0.4, 0.5) is 11.4 Å². The summed E-state index contributed by atoms with van der Waals surface area (Å²) in [6.45, 7) is 6.92. The maximum absolute atomic E-state index is 6.15. The fourth-order valence-electron chi connectivity index (χ4n) is 3.58. The number of hydrogen-bond donors (Lipinski definition) is 2. The Hall–Kier alpha value is -3.07. The lowest BCUT2D eigenvalue weighted by Gasteiger charge is -2.10. The van der Waals surface area contributed by atoms with Gasteiger partial charge in [-0.15, -0.1) is 0 Å². The standard InChI is InChI=1S/C25H26Cl2N6OS/c1-4-18-5-8-21(9-6-18)34-15-32-14-20(12-28-32)29-25(35)30-24-16(2)31-33(17(24)3)13-19-7-10-22(26)23(27)11-19/h5-12,14H,4,13,15H2,1-3H3,(H2,29,30,35).